The van der Waals surface area contributed by atoms with Crippen molar-refractivity contribution in [2.45, 2.75) is 58.2 Å². The number of pyridine rings is 1. The average molecular weight is 302 g/mol. The fourth-order valence-electron chi connectivity index (χ4n) is 3.55. The Morgan fingerprint density at radius 2 is 1.86 bits per heavy atom. The molecule has 0 unspecified atom stereocenters. The van der Waals surface area contributed by atoms with Crippen LogP contribution in [0.2, 0.25) is 0 Å². The zero-order valence-electron chi connectivity index (χ0n) is 13.8. The molecule has 0 amide bonds. The molecule has 1 N–H and O–H groups in total. The number of hydrogen-bond acceptors (Lipinski definition) is 3. The standard InChI is InChI=1S/C16H20N2O2.C2H6/c1-11-9-17-15-14(11)8-13(10-18-15)12-2-4-16(5-3-12)19-6-7-20-16;1-2/h8-10,12H,2-7H2,1H3,(H,17,18);1-2H3. The van der Waals surface area contributed by atoms with Crippen molar-refractivity contribution in [3.8, 4) is 0 Å². The molecule has 0 aromatic carbocycles. The molecule has 0 bridgehead atoms. The highest BCUT2D eigenvalue weighted by Crippen LogP contribution is 2.42. The van der Waals surface area contributed by atoms with Crippen molar-refractivity contribution >= 4 is 11.0 Å². The predicted molar refractivity (Wildman–Crippen MR) is 88.0 cm³/mol. The molecule has 0 atom stereocenters. The lowest BCUT2D eigenvalue weighted by atomic mass is 9.81. The van der Waals surface area contributed by atoms with E-state index in [9.17, 15) is 0 Å². The van der Waals surface area contributed by atoms with E-state index in [1.54, 1.807) is 0 Å². The maximum atomic E-state index is 5.80. The second-order valence-electron chi connectivity index (χ2n) is 6.02. The number of nitrogens with one attached hydrogen (secondary N) is 1. The zero-order valence-corrected chi connectivity index (χ0v) is 13.8. The lowest BCUT2D eigenvalue weighted by Gasteiger charge is -2.35. The molecule has 1 saturated heterocycles. The van der Waals surface area contributed by atoms with Gasteiger partial charge in [-0.15, -0.1) is 0 Å². The van der Waals surface area contributed by atoms with Crippen LogP contribution < -0.4 is 0 Å². The van der Waals surface area contributed by atoms with Crippen molar-refractivity contribution in [1.82, 2.24) is 9.97 Å². The highest BCUT2D eigenvalue weighted by atomic mass is 16.7. The number of aryl methyl sites for hydroxylation is 1. The van der Waals surface area contributed by atoms with Crippen LogP contribution in [0.15, 0.2) is 18.5 Å². The van der Waals surface area contributed by atoms with Gasteiger partial charge in [0.25, 0.3) is 0 Å². The van der Waals surface area contributed by atoms with Crippen molar-refractivity contribution < 1.29 is 9.47 Å². The topological polar surface area (TPSA) is 47.1 Å². The first kappa shape index (κ1) is 15.5. The van der Waals surface area contributed by atoms with Gasteiger partial charge in [0.15, 0.2) is 5.79 Å². The molecule has 2 aromatic rings. The van der Waals surface area contributed by atoms with E-state index >= 15 is 0 Å². The molecule has 1 aliphatic heterocycles. The van der Waals surface area contributed by atoms with Crippen LogP contribution in [0.4, 0.5) is 0 Å². The number of nitrogens with zero attached hydrogens (tertiary/aromatic N) is 1. The highest BCUT2D eigenvalue weighted by molar-refractivity contribution is 5.79. The highest BCUT2D eigenvalue weighted by Gasteiger charge is 2.40. The van der Waals surface area contributed by atoms with E-state index < -0.39 is 0 Å². The Balaban J connectivity index is 0.000000693. The molecule has 4 heteroatoms. The van der Waals surface area contributed by atoms with Crippen LogP contribution in [0.3, 0.4) is 0 Å². The largest absolute Gasteiger partial charge is 0.348 e. The monoisotopic (exact) mass is 302 g/mol. The van der Waals surface area contributed by atoms with Gasteiger partial charge < -0.3 is 14.5 Å². The molecule has 1 saturated carbocycles. The molecule has 120 valence electrons. The SMILES string of the molecule is CC.Cc1c[nH]c2ncc(C3CCC4(CC3)OCCO4)cc12. The summed E-state index contributed by atoms with van der Waals surface area (Å²) in [5.41, 5.74) is 3.61. The molecular formula is C18H26N2O2. The van der Waals surface area contributed by atoms with Gasteiger partial charge in [0.2, 0.25) is 0 Å². The molecular weight excluding hydrogens is 276 g/mol. The molecule has 2 aromatic heterocycles. The fraction of sp³-hybridized carbons (Fsp3) is 0.611. The minimum absolute atomic E-state index is 0.266. The molecule has 4 rings (SSSR count). The summed E-state index contributed by atoms with van der Waals surface area (Å²) in [6.45, 7) is 7.63. The van der Waals surface area contributed by atoms with Gasteiger partial charge in [-0.1, -0.05) is 13.8 Å². The van der Waals surface area contributed by atoms with E-state index in [4.69, 9.17) is 9.47 Å². The van der Waals surface area contributed by atoms with Gasteiger partial charge in [-0.25, -0.2) is 4.98 Å². The third-order valence-corrected chi connectivity index (χ3v) is 4.79. The Kier molecular flexibility index (Phi) is 4.50. The molecule has 1 aliphatic carbocycles. The van der Waals surface area contributed by atoms with Gasteiger partial charge in [-0.2, -0.15) is 0 Å². The average Bonchev–Trinajstić information content (AvgIpc) is 3.18. The Hall–Kier alpha value is -1.39. The molecule has 0 radical (unpaired) electrons. The summed E-state index contributed by atoms with van der Waals surface area (Å²) in [7, 11) is 0. The second kappa shape index (κ2) is 6.39. The van der Waals surface area contributed by atoms with Crippen LogP contribution in [-0.4, -0.2) is 29.0 Å². The first-order valence-corrected chi connectivity index (χ1v) is 8.47. The number of aromatic amines is 1. The van der Waals surface area contributed by atoms with Gasteiger partial charge in [-0.05, 0) is 42.9 Å². The van der Waals surface area contributed by atoms with Crippen molar-refractivity contribution in [3.05, 3.63) is 29.6 Å². The number of rotatable bonds is 1. The van der Waals surface area contributed by atoms with Crippen LogP contribution in [-0.2, 0) is 9.47 Å². The third-order valence-electron chi connectivity index (χ3n) is 4.79. The number of fused-ring (bicyclic) bond motifs is 1. The summed E-state index contributed by atoms with van der Waals surface area (Å²) in [4.78, 5) is 7.75. The molecule has 2 aliphatic rings. The number of hydrogen-bond donors (Lipinski definition) is 1. The summed E-state index contributed by atoms with van der Waals surface area (Å²) >= 11 is 0. The van der Waals surface area contributed by atoms with Crippen molar-refractivity contribution in [2.24, 2.45) is 0 Å². The summed E-state index contributed by atoms with van der Waals surface area (Å²) in [6.07, 6.45) is 8.30. The molecule has 22 heavy (non-hydrogen) atoms. The molecule has 4 nitrogen and oxygen atoms in total. The van der Waals surface area contributed by atoms with Crippen molar-refractivity contribution in [2.75, 3.05) is 13.2 Å². The quantitative estimate of drug-likeness (QED) is 0.854. The fourth-order valence-corrected chi connectivity index (χ4v) is 3.55. The minimum Gasteiger partial charge on any atom is -0.348 e. The Morgan fingerprint density at radius 1 is 1.18 bits per heavy atom. The maximum absolute atomic E-state index is 5.80. The minimum atomic E-state index is -0.266. The van der Waals surface area contributed by atoms with Crippen LogP contribution in [0.5, 0.6) is 0 Å². The van der Waals surface area contributed by atoms with Crippen LogP contribution in [0, 0.1) is 6.92 Å². The number of ether oxygens (including phenoxy) is 2. The van der Waals surface area contributed by atoms with E-state index in [2.05, 4.69) is 23.0 Å². The van der Waals surface area contributed by atoms with Gasteiger partial charge in [0, 0.05) is 30.6 Å². The smallest absolute Gasteiger partial charge is 0.168 e. The van der Waals surface area contributed by atoms with Crippen molar-refractivity contribution in [1.29, 1.82) is 0 Å². The lowest BCUT2D eigenvalue weighted by molar-refractivity contribution is -0.178. The zero-order chi connectivity index (χ0) is 15.6. The van der Waals surface area contributed by atoms with E-state index in [-0.39, 0.29) is 5.79 Å². The van der Waals surface area contributed by atoms with E-state index in [1.807, 2.05) is 26.2 Å². The summed E-state index contributed by atoms with van der Waals surface area (Å²) in [6, 6.07) is 2.30. The molecule has 3 heterocycles. The van der Waals surface area contributed by atoms with E-state index in [0.717, 1.165) is 44.5 Å². The Bertz CT molecular complexity index is 619. The number of aromatic nitrogens is 2. The third kappa shape index (κ3) is 2.77. The van der Waals surface area contributed by atoms with Gasteiger partial charge >= 0.3 is 0 Å². The van der Waals surface area contributed by atoms with Crippen LogP contribution in [0.1, 0.15) is 56.6 Å². The predicted octanol–water partition coefficient (Wildman–Crippen LogP) is 4.30. The summed E-state index contributed by atoms with van der Waals surface area (Å²) in [5, 5.41) is 1.25. The Morgan fingerprint density at radius 3 is 2.55 bits per heavy atom. The number of H-pyrrole nitrogens is 1. The van der Waals surface area contributed by atoms with Gasteiger partial charge in [0.1, 0.15) is 5.65 Å². The van der Waals surface area contributed by atoms with Crippen LogP contribution in [0.25, 0.3) is 11.0 Å². The summed E-state index contributed by atoms with van der Waals surface area (Å²) in [5.74, 6) is 0.317. The Labute approximate surface area is 132 Å². The molecule has 2 fully saturated rings. The maximum Gasteiger partial charge on any atom is 0.168 e. The first-order valence-electron chi connectivity index (χ1n) is 8.47. The van der Waals surface area contributed by atoms with Crippen LogP contribution >= 0.6 is 0 Å². The normalized spacial score (nSPS) is 21.0. The van der Waals surface area contributed by atoms with Gasteiger partial charge in [-0.3, -0.25) is 0 Å². The van der Waals surface area contributed by atoms with Gasteiger partial charge in [0.05, 0.1) is 13.2 Å². The van der Waals surface area contributed by atoms with E-state index in [0.29, 0.717) is 5.92 Å². The van der Waals surface area contributed by atoms with Crippen molar-refractivity contribution in [3.63, 3.8) is 0 Å². The first-order chi connectivity index (χ1) is 10.8. The lowest BCUT2D eigenvalue weighted by Crippen LogP contribution is -2.34. The second-order valence-corrected chi connectivity index (χ2v) is 6.02. The van der Waals surface area contributed by atoms with E-state index in [1.165, 1.54) is 16.5 Å². The summed E-state index contributed by atoms with van der Waals surface area (Å²) < 4.78 is 11.6. The molecule has 1 spiro atoms.